The topological polar surface area (TPSA) is 67.2 Å². The van der Waals surface area contributed by atoms with Gasteiger partial charge in [0.1, 0.15) is 23.2 Å². The molecule has 3 rings (SSSR count). The smallest absolute Gasteiger partial charge is 0.179 e. The van der Waals surface area contributed by atoms with Gasteiger partial charge in [0.05, 0.1) is 10.6 Å². The Morgan fingerprint density at radius 3 is 2.10 bits per heavy atom. The van der Waals surface area contributed by atoms with Crippen LogP contribution in [0.25, 0.3) is 11.1 Å². The summed E-state index contributed by atoms with van der Waals surface area (Å²) in [6.45, 7) is 8.85. The summed E-state index contributed by atoms with van der Waals surface area (Å²) in [5, 5.41) is 9.67. The van der Waals surface area contributed by atoms with Gasteiger partial charge in [-0.1, -0.05) is 36.7 Å². The highest BCUT2D eigenvalue weighted by Gasteiger charge is 2.53. The van der Waals surface area contributed by atoms with Gasteiger partial charge >= 0.3 is 0 Å². The van der Waals surface area contributed by atoms with E-state index in [0.29, 0.717) is 22.6 Å². The first-order valence-corrected chi connectivity index (χ1v) is 10.0. The van der Waals surface area contributed by atoms with Crippen LogP contribution in [0, 0.1) is 11.3 Å². The van der Waals surface area contributed by atoms with Crippen molar-refractivity contribution in [3.8, 4) is 17.2 Å². The van der Waals surface area contributed by atoms with Crippen LogP contribution in [0.15, 0.2) is 36.4 Å². The molecule has 1 heterocycles. The molecule has 0 bridgehead atoms. The van der Waals surface area contributed by atoms with Gasteiger partial charge in [-0.15, -0.1) is 0 Å². The fourth-order valence-electron chi connectivity index (χ4n) is 3.99. The number of aryl methyl sites for hydroxylation is 1. The van der Waals surface area contributed by atoms with Crippen molar-refractivity contribution in [2.24, 2.45) is 0 Å². The molecule has 1 fully saturated rings. The number of rotatable bonds is 3. The summed E-state index contributed by atoms with van der Waals surface area (Å²) in [6, 6.07) is 13.1. The van der Waals surface area contributed by atoms with Crippen molar-refractivity contribution in [3.05, 3.63) is 58.1 Å². The van der Waals surface area contributed by atoms with Crippen LogP contribution in [-0.4, -0.2) is 22.8 Å². The van der Waals surface area contributed by atoms with E-state index in [2.05, 4.69) is 6.07 Å². The summed E-state index contributed by atoms with van der Waals surface area (Å²) in [5.74, 6) is -1.35. The van der Waals surface area contributed by atoms with Gasteiger partial charge in [0, 0.05) is 0 Å². The molecule has 0 unspecified atom stereocenters. The maximum Gasteiger partial charge on any atom is 0.179 e. The van der Waals surface area contributed by atoms with Gasteiger partial charge in [-0.05, 0) is 74.6 Å². The number of carbonyl (C=O) groups is 2. The van der Waals surface area contributed by atoms with Gasteiger partial charge in [-0.2, -0.15) is 5.26 Å². The van der Waals surface area contributed by atoms with Gasteiger partial charge < -0.3 is 4.74 Å². The minimum absolute atomic E-state index is 0.234. The van der Waals surface area contributed by atoms with Crippen molar-refractivity contribution >= 4 is 23.2 Å². The number of ketones is 2. The Morgan fingerprint density at radius 1 is 1.00 bits per heavy atom. The Morgan fingerprint density at radius 2 is 1.55 bits per heavy atom. The molecule has 0 aromatic heterocycles. The highest BCUT2D eigenvalue weighted by atomic mass is 35.5. The normalized spacial score (nSPS) is 18.5. The first-order chi connectivity index (χ1) is 13.5. The second-order valence-corrected chi connectivity index (χ2v) is 8.76. The van der Waals surface area contributed by atoms with E-state index in [-0.39, 0.29) is 11.6 Å². The van der Waals surface area contributed by atoms with Crippen LogP contribution >= 0.6 is 11.6 Å². The maximum atomic E-state index is 13.2. The molecule has 2 aromatic carbocycles. The molecular formula is C24H24ClNO3. The average Bonchev–Trinajstić information content (AvgIpc) is 2.66. The predicted octanol–water partition coefficient (Wildman–Crippen LogP) is 5.25. The van der Waals surface area contributed by atoms with Crippen LogP contribution in [-0.2, 0) is 20.7 Å². The van der Waals surface area contributed by atoms with E-state index in [1.54, 1.807) is 39.8 Å². The number of nitrogens with zero attached hydrogens (tertiary/aromatic N) is 1. The van der Waals surface area contributed by atoms with Crippen molar-refractivity contribution in [3.63, 3.8) is 0 Å². The number of Topliss-reactive ketones (excluding diaryl/α,β-unsaturated/α-hetero) is 2. The summed E-state index contributed by atoms with van der Waals surface area (Å²) in [6.07, 6.45) is 0.693. The van der Waals surface area contributed by atoms with Crippen molar-refractivity contribution in [1.82, 2.24) is 0 Å². The second-order valence-electron chi connectivity index (χ2n) is 8.36. The molecule has 5 heteroatoms. The van der Waals surface area contributed by atoms with E-state index in [0.717, 1.165) is 16.7 Å². The molecule has 0 N–H and O–H groups in total. The fourth-order valence-corrected chi connectivity index (χ4v) is 4.15. The summed E-state index contributed by atoms with van der Waals surface area (Å²) >= 11 is 6.06. The monoisotopic (exact) mass is 409 g/mol. The first kappa shape index (κ1) is 21.2. The van der Waals surface area contributed by atoms with E-state index < -0.39 is 17.1 Å². The third-order valence-electron chi connectivity index (χ3n) is 5.48. The minimum Gasteiger partial charge on any atom is -0.354 e. The number of hydrogen-bond acceptors (Lipinski definition) is 4. The Balaban J connectivity index is 2.19. The molecule has 0 atom stereocenters. The van der Waals surface area contributed by atoms with E-state index in [4.69, 9.17) is 16.3 Å². The third kappa shape index (κ3) is 3.73. The molecule has 29 heavy (non-hydrogen) atoms. The number of benzene rings is 2. The molecule has 0 aliphatic carbocycles. The lowest BCUT2D eigenvalue weighted by molar-refractivity contribution is -0.184. The number of ether oxygens (including phenoxy) is 1. The molecular weight excluding hydrogens is 386 g/mol. The van der Waals surface area contributed by atoms with E-state index in [1.165, 1.54) is 0 Å². The van der Waals surface area contributed by atoms with Crippen LogP contribution < -0.4 is 0 Å². The summed E-state index contributed by atoms with van der Waals surface area (Å²) in [4.78, 5) is 26.4. The molecule has 2 aromatic rings. The highest BCUT2D eigenvalue weighted by Crippen LogP contribution is 2.40. The van der Waals surface area contributed by atoms with Gasteiger partial charge in [0.25, 0.3) is 0 Å². The predicted molar refractivity (Wildman–Crippen MR) is 113 cm³/mol. The van der Waals surface area contributed by atoms with Crippen LogP contribution in [0.1, 0.15) is 57.2 Å². The molecule has 0 spiro atoms. The number of nitriles is 1. The lowest BCUT2D eigenvalue weighted by Crippen LogP contribution is -2.58. The summed E-state index contributed by atoms with van der Waals surface area (Å²) < 4.78 is 5.82. The van der Waals surface area contributed by atoms with Crippen LogP contribution in [0.4, 0.5) is 0 Å². The summed E-state index contributed by atoms with van der Waals surface area (Å²) in [7, 11) is 0. The Labute approximate surface area is 176 Å². The fraction of sp³-hybridized carbons (Fsp3) is 0.375. The maximum absolute atomic E-state index is 13.2. The molecule has 1 aliphatic heterocycles. The van der Waals surface area contributed by atoms with Crippen molar-refractivity contribution in [1.29, 1.82) is 5.26 Å². The molecule has 0 saturated carbocycles. The molecule has 150 valence electrons. The zero-order valence-corrected chi connectivity index (χ0v) is 18.1. The Hall–Kier alpha value is -2.48. The van der Waals surface area contributed by atoms with Crippen LogP contribution in [0.3, 0.4) is 0 Å². The van der Waals surface area contributed by atoms with Crippen molar-refractivity contribution < 1.29 is 14.3 Å². The zero-order chi connectivity index (χ0) is 21.6. The van der Waals surface area contributed by atoms with Crippen LogP contribution in [0.2, 0.25) is 5.02 Å². The van der Waals surface area contributed by atoms with Crippen molar-refractivity contribution in [2.75, 3.05) is 0 Å². The molecule has 0 radical (unpaired) electrons. The van der Waals surface area contributed by atoms with Crippen LogP contribution in [0.5, 0.6) is 0 Å². The van der Waals surface area contributed by atoms with E-state index in [9.17, 15) is 14.9 Å². The number of hydrogen-bond donors (Lipinski definition) is 0. The third-order valence-corrected chi connectivity index (χ3v) is 5.81. The van der Waals surface area contributed by atoms with Gasteiger partial charge in [-0.3, -0.25) is 9.59 Å². The number of carbonyl (C=O) groups excluding carboxylic acids is 2. The Bertz CT molecular complexity index is 1020. The summed E-state index contributed by atoms with van der Waals surface area (Å²) in [5.41, 5.74) is 1.55. The van der Waals surface area contributed by atoms with Gasteiger partial charge in [-0.25, -0.2) is 0 Å². The average molecular weight is 410 g/mol. The molecule has 0 amide bonds. The SMILES string of the molecule is CCc1ccc(-c2ccc(Cl)c(C#N)c2)cc1C1C(=O)C(C)(C)OC(C)(C)C1=O. The first-order valence-electron chi connectivity index (χ1n) is 9.63. The minimum atomic E-state index is -1.06. The quantitative estimate of drug-likeness (QED) is 0.649. The van der Waals surface area contributed by atoms with Crippen molar-refractivity contribution in [2.45, 2.75) is 58.2 Å². The van der Waals surface area contributed by atoms with Gasteiger partial charge in [0.15, 0.2) is 11.6 Å². The van der Waals surface area contributed by atoms with Gasteiger partial charge in [0.2, 0.25) is 0 Å². The van der Waals surface area contributed by atoms with E-state index >= 15 is 0 Å². The highest BCUT2D eigenvalue weighted by molar-refractivity contribution is 6.31. The lowest BCUT2D eigenvalue weighted by Gasteiger charge is -2.43. The van der Waals surface area contributed by atoms with E-state index in [1.807, 2.05) is 31.2 Å². The standard InChI is InChI=1S/C24H24ClNO3/c1-6-14-7-8-16(15-9-10-19(25)17(11-15)13-26)12-18(14)20-21(27)23(2,3)29-24(4,5)22(20)28/h7-12,20H,6H2,1-5H3. The number of halogens is 1. The Kier molecular flexibility index (Phi) is 5.42. The molecule has 1 aliphatic rings. The largest absolute Gasteiger partial charge is 0.354 e. The molecule has 1 saturated heterocycles. The second kappa shape index (κ2) is 7.40. The zero-order valence-electron chi connectivity index (χ0n) is 17.3. The lowest BCUT2D eigenvalue weighted by atomic mass is 9.73. The molecule has 4 nitrogen and oxygen atoms in total.